The lowest BCUT2D eigenvalue weighted by Gasteiger charge is -2.31. The normalized spacial score (nSPS) is 15.8. The van der Waals surface area contributed by atoms with Crippen molar-refractivity contribution in [1.29, 1.82) is 5.41 Å². The van der Waals surface area contributed by atoms with Crippen LogP contribution in [0, 0.1) is 5.41 Å². The Morgan fingerprint density at radius 3 is 2.58 bits per heavy atom. The maximum atomic E-state index is 12.2. The average molecular weight is 320 g/mol. The standard InChI is InChI=1S/C18H16N4O2/c19-18(20)22-7-6-11-12(10-4-2-1-3-5-10)8-13-15(14(11)9-22)21-17(24)16(13)23/h1-5,8H,6-7,9H2,(H3,19,20)(H,21,23,24). The molecule has 6 heteroatoms. The first kappa shape index (κ1) is 14.4. The van der Waals surface area contributed by atoms with Gasteiger partial charge in [0, 0.05) is 13.1 Å². The van der Waals surface area contributed by atoms with E-state index in [4.69, 9.17) is 11.1 Å². The SMILES string of the molecule is N=C(N)N1CCc2c(-c3ccccc3)cc3c(c2C1)NC(=O)C3=O. The zero-order valence-corrected chi connectivity index (χ0v) is 12.9. The molecule has 6 nitrogen and oxygen atoms in total. The Morgan fingerprint density at radius 1 is 1.12 bits per heavy atom. The van der Waals surface area contributed by atoms with E-state index in [1.807, 2.05) is 36.4 Å². The molecule has 0 atom stereocenters. The first-order valence-electron chi connectivity index (χ1n) is 7.75. The minimum Gasteiger partial charge on any atom is -0.370 e. The van der Waals surface area contributed by atoms with Gasteiger partial charge in [-0.25, -0.2) is 0 Å². The molecule has 0 radical (unpaired) electrons. The minimum absolute atomic E-state index is 0.00448. The van der Waals surface area contributed by atoms with Gasteiger partial charge in [0.05, 0.1) is 11.3 Å². The van der Waals surface area contributed by atoms with Crippen LogP contribution in [0.2, 0.25) is 0 Å². The van der Waals surface area contributed by atoms with Crippen molar-refractivity contribution in [2.75, 3.05) is 11.9 Å². The number of amides is 1. The molecule has 2 aliphatic heterocycles. The van der Waals surface area contributed by atoms with Crippen molar-refractivity contribution >= 4 is 23.3 Å². The average Bonchev–Trinajstić information content (AvgIpc) is 2.89. The second-order valence-corrected chi connectivity index (χ2v) is 6.01. The van der Waals surface area contributed by atoms with Crippen molar-refractivity contribution in [3.05, 3.63) is 53.1 Å². The van der Waals surface area contributed by atoms with Gasteiger partial charge in [-0.05, 0) is 34.7 Å². The van der Waals surface area contributed by atoms with Crippen molar-refractivity contribution < 1.29 is 9.59 Å². The third kappa shape index (κ3) is 2.07. The molecule has 4 N–H and O–H groups in total. The Hall–Kier alpha value is -3.15. The van der Waals surface area contributed by atoms with E-state index >= 15 is 0 Å². The van der Waals surface area contributed by atoms with Crippen molar-refractivity contribution in [3.63, 3.8) is 0 Å². The van der Waals surface area contributed by atoms with E-state index in [0.717, 1.165) is 22.3 Å². The predicted octanol–water partition coefficient (Wildman–Crippen LogP) is 1.74. The van der Waals surface area contributed by atoms with Gasteiger partial charge in [-0.1, -0.05) is 30.3 Å². The van der Waals surface area contributed by atoms with Crippen LogP contribution in [0.3, 0.4) is 0 Å². The highest BCUT2D eigenvalue weighted by molar-refractivity contribution is 6.52. The summed E-state index contributed by atoms with van der Waals surface area (Å²) in [5.74, 6) is -1.11. The summed E-state index contributed by atoms with van der Waals surface area (Å²) in [5, 5.41) is 10.4. The molecule has 2 heterocycles. The second-order valence-electron chi connectivity index (χ2n) is 6.01. The van der Waals surface area contributed by atoms with Crippen LogP contribution in [-0.2, 0) is 17.8 Å². The van der Waals surface area contributed by atoms with Crippen molar-refractivity contribution in [2.24, 2.45) is 5.73 Å². The van der Waals surface area contributed by atoms with Crippen molar-refractivity contribution in [1.82, 2.24) is 4.90 Å². The molecule has 0 bridgehead atoms. The molecule has 2 aromatic carbocycles. The number of ketones is 1. The van der Waals surface area contributed by atoms with Crippen LogP contribution in [0.4, 0.5) is 5.69 Å². The monoisotopic (exact) mass is 320 g/mol. The summed E-state index contributed by atoms with van der Waals surface area (Å²) in [7, 11) is 0. The van der Waals surface area contributed by atoms with E-state index in [-0.39, 0.29) is 5.96 Å². The highest BCUT2D eigenvalue weighted by Gasteiger charge is 2.34. The number of anilines is 1. The summed E-state index contributed by atoms with van der Waals surface area (Å²) in [6.45, 7) is 1.06. The quantitative estimate of drug-likeness (QED) is 0.423. The van der Waals surface area contributed by atoms with E-state index < -0.39 is 11.7 Å². The van der Waals surface area contributed by atoms with Gasteiger partial charge < -0.3 is 16.0 Å². The smallest absolute Gasteiger partial charge is 0.296 e. The molecule has 0 fully saturated rings. The molecular weight excluding hydrogens is 304 g/mol. The minimum atomic E-state index is -0.600. The molecule has 2 aromatic rings. The third-order valence-electron chi connectivity index (χ3n) is 4.64. The molecule has 0 aromatic heterocycles. The topological polar surface area (TPSA) is 99.3 Å². The molecule has 0 saturated carbocycles. The second kappa shape index (κ2) is 5.19. The van der Waals surface area contributed by atoms with Gasteiger partial charge >= 0.3 is 0 Å². The largest absolute Gasteiger partial charge is 0.370 e. The van der Waals surface area contributed by atoms with Gasteiger partial charge in [0.25, 0.3) is 11.7 Å². The summed E-state index contributed by atoms with van der Waals surface area (Å²) < 4.78 is 0. The number of nitrogens with zero attached hydrogens (tertiary/aromatic N) is 1. The van der Waals surface area contributed by atoms with Crippen LogP contribution < -0.4 is 11.1 Å². The van der Waals surface area contributed by atoms with Gasteiger partial charge in [0.2, 0.25) is 0 Å². The fourth-order valence-electron chi connectivity index (χ4n) is 3.45. The Labute approximate surface area is 138 Å². The Bertz CT molecular complexity index is 890. The lowest BCUT2D eigenvalue weighted by atomic mass is 9.87. The molecule has 4 rings (SSSR count). The number of carbonyl (C=O) groups excluding carboxylic acids is 2. The first-order chi connectivity index (χ1) is 11.6. The van der Waals surface area contributed by atoms with Crippen LogP contribution in [0.25, 0.3) is 11.1 Å². The molecular formula is C18H16N4O2. The molecule has 0 unspecified atom stereocenters. The molecule has 1 amide bonds. The van der Waals surface area contributed by atoms with Gasteiger partial charge in [-0.3, -0.25) is 15.0 Å². The van der Waals surface area contributed by atoms with E-state index in [9.17, 15) is 9.59 Å². The number of benzene rings is 2. The van der Waals surface area contributed by atoms with Crippen LogP contribution in [0.1, 0.15) is 21.5 Å². The van der Waals surface area contributed by atoms with Crippen LogP contribution in [0.5, 0.6) is 0 Å². The lowest BCUT2D eigenvalue weighted by molar-refractivity contribution is -0.112. The number of rotatable bonds is 1. The van der Waals surface area contributed by atoms with Crippen LogP contribution in [-0.4, -0.2) is 29.1 Å². The number of hydrogen-bond donors (Lipinski definition) is 3. The van der Waals surface area contributed by atoms with Gasteiger partial charge in [0.15, 0.2) is 5.96 Å². The number of fused-ring (bicyclic) bond motifs is 3. The number of hydrogen-bond acceptors (Lipinski definition) is 3. The number of carbonyl (C=O) groups is 2. The maximum Gasteiger partial charge on any atom is 0.296 e. The van der Waals surface area contributed by atoms with Gasteiger partial charge in [0.1, 0.15) is 0 Å². The molecule has 0 aliphatic carbocycles. The fourth-order valence-corrected chi connectivity index (χ4v) is 3.45. The van der Waals surface area contributed by atoms with Crippen LogP contribution in [0.15, 0.2) is 36.4 Å². The summed E-state index contributed by atoms with van der Waals surface area (Å²) in [4.78, 5) is 25.8. The summed E-state index contributed by atoms with van der Waals surface area (Å²) in [6.07, 6.45) is 0.705. The number of Topliss-reactive ketones (excluding diaryl/α,β-unsaturated/α-hetero) is 1. The van der Waals surface area contributed by atoms with Crippen molar-refractivity contribution in [2.45, 2.75) is 13.0 Å². The van der Waals surface area contributed by atoms with E-state index in [0.29, 0.717) is 30.8 Å². The Kier molecular flexibility index (Phi) is 3.13. The molecule has 0 spiro atoms. The van der Waals surface area contributed by atoms with E-state index in [1.165, 1.54) is 0 Å². The molecule has 2 aliphatic rings. The number of nitrogens with one attached hydrogen (secondary N) is 2. The Balaban J connectivity index is 1.95. The van der Waals surface area contributed by atoms with Crippen LogP contribution >= 0.6 is 0 Å². The summed E-state index contributed by atoms with van der Waals surface area (Å²) in [5.41, 5.74) is 10.6. The third-order valence-corrected chi connectivity index (χ3v) is 4.64. The number of guanidine groups is 1. The highest BCUT2D eigenvalue weighted by atomic mass is 16.2. The molecule has 24 heavy (non-hydrogen) atoms. The predicted molar refractivity (Wildman–Crippen MR) is 90.9 cm³/mol. The number of nitrogens with two attached hydrogens (primary N) is 1. The molecule has 0 saturated heterocycles. The zero-order chi connectivity index (χ0) is 16.8. The fraction of sp³-hybridized carbons (Fsp3) is 0.167. The van der Waals surface area contributed by atoms with Crippen molar-refractivity contribution in [3.8, 4) is 11.1 Å². The lowest BCUT2D eigenvalue weighted by Crippen LogP contribution is -2.40. The molecule has 120 valence electrons. The van der Waals surface area contributed by atoms with E-state index in [2.05, 4.69) is 5.32 Å². The Morgan fingerprint density at radius 2 is 1.88 bits per heavy atom. The first-order valence-corrected chi connectivity index (χ1v) is 7.75. The summed E-state index contributed by atoms with van der Waals surface area (Å²) in [6, 6.07) is 11.6. The summed E-state index contributed by atoms with van der Waals surface area (Å²) >= 11 is 0. The highest BCUT2D eigenvalue weighted by Crippen LogP contribution is 2.39. The maximum absolute atomic E-state index is 12.2. The van der Waals surface area contributed by atoms with Gasteiger partial charge in [-0.2, -0.15) is 0 Å². The zero-order valence-electron chi connectivity index (χ0n) is 12.9. The van der Waals surface area contributed by atoms with Gasteiger partial charge in [-0.15, -0.1) is 0 Å². The van der Waals surface area contributed by atoms with E-state index in [1.54, 1.807) is 4.90 Å².